The van der Waals surface area contributed by atoms with Gasteiger partial charge in [0.25, 0.3) is 0 Å². The predicted octanol–water partition coefficient (Wildman–Crippen LogP) is 3.91. The Kier molecular flexibility index (Phi) is 4.99. The van der Waals surface area contributed by atoms with Crippen LogP contribution >= 0.6 is 0 Å². The van der Waals surface area contributed by atoms with E-state index in [0.29, 0.717) is 17.0 Å². The lowest BCUT2D eigenvalue weighted by atomic mass is 10.1. The number of aromatic nitrogens is 2. The van der Waals surface area contributed by atoms with Crippen LogP contribution in [0, 0.1) is 18.3 Å². The van der Waals surface area contributed by atoms with Crippen molar-refractivity contribution in [3.8, 4) is 23.2 Å². The quantitative estimate of drug-likeness (QED) is 0.397. The van der Waals surface area contributed by atoms with E-state index in [4.69, 9.17) is 9.15 Å². The Morgan fingerprint density at radius 2 is 2.08 bits per heavy atom. The maximum absolute atomic E-state index is 11.9. The average Bonchev–Trinajstić information content (AvgIpc) is 3.26. The number of nitrogens with zero attached hydrogens (tertiary/aromatic N) is 3. The second kappa shape index (κ2) is 7.53. The van der Waals surface area contributed by atoms with Crippen molar-refractivity contribution >= 4 is 12.0 Å². The first kappa shape index (κ1) is 17.2. The molecule has 1 aromatic carbocycles. The van der Waals surface area contributed by atoms with E-state index < -0.39 is 5.97 Å². The molecule has 130 valence electrons. The largest absolute Gasteiger partial charge is 0.462 e. The molecule has 3 aromatic rings. The summed E-state index contributed by atoms with van der Waals surface area (Å²) in [6, 6.07) is 15.1. The molecular weight excluding hydrogens is 330 g/mol. The Morgan fingerprint density at radius 1 is 1.31 bits per heavy atom. The van der Waals surface area contributed by atoms with E-state index in [9.17, 15) is 10.1 Å². The van der Waals surface area contributed by atoms with Crippen LogP contribution in [-0.4, -0.2) is 22.4 Å². The molecule has 0 aliphatic rings. The molecule has 2 aromatic heterocycles. The summed E-state index contributed by atoms with van der Waals surface area (Å²) < 4.78 is 12.3. The fourth-order valence-corrected chi connectivity index (χ4v) is 2.46. The molecule has 0 atom stereocenters. The fourth-order valence-electron chi connectivity index (χ4n) is 2.46. The van der Waals surface area contributed by atoms with Gasteiger partial charge in [-0.15, -0.1) is 0 Å². The number of nitriles is 1. The summed E-state index contributed by atoms with van der Waals surface area (Å²) in [4.78, 5) is 11.9. The Bertz CT molecular complexity index is 991. The molecule has 0 aliphatic carbocycles. The van der Waals surface area contributed by atoms with Gasteiger partial charge in [-0.2, -0.15) is 10.4 Å². The monoisotopic (exact) mass is 347 g/mol. The lowest BCUT2D eigenvalue weighted by Gasteiger charge is -1.99. The second-order valence-corrected chi connectivity index (χ2v) is 5.51. The maximum atomic E-state index is 11.9. The molecule has 0 N–H and O–H groups in total. The van der Waals surface area contributed by atoms with E-state index in [2.05, 4.69) is 5.10 Å². The summed E-state index contributed by atoms with van der Waals surface area (Å²) >= 11 is 0. The number of hydrogen-bond donors (Lipinski definition) is 0. The molecule has 26 heavy (non-hydrogen) atoms. The van der Waals surface area contributed by atoms with Crippen LogP contribution in [0.25, 0.3) is 23.2 Å². The highest BCUT2D eigenvalue weighted by Gasteiger charge is 2.17. The highest BCUT2D eigenvalue weighted by atomic mass is 16.5. The van der Waals surface area contributed by atoms with E-state index >= 15 is 0 Å². The van der Waals surface area contributed by atoms with Crippen LogP contribution in [0.3, 0.4) is 0 Å². The highest BCUT2D eigenvalue weighted by Crippen LogP contribution is 2.27. The minimum Gasteiger partial charge on any atom is -0.462 e. The molecule has 0 amide bonds. The van der Waals surface area contributed by atoms with Gasteiger partial charge in [-0.1, -0.05) is 18.2 Å². The molecule has 0 fully saturated rings. The van der Waals surface area contributed by atoms with Gasteiger partial charge in [0.2, 0.25) is 0 Å². The van der Waals surface area contributed by atoms with Crippen LogP contribution in [0.15, 0.2) is 58.7 Å². The minimum absolute atomic E-state index is 0.0935. The maximum Gasteiger partial charge on any atom is 0.348 e. The van der Waals surface area contributed by atoms with Gasteiger partial charge in [0, 0.05) is 11.8 Å². The topological polar surface area (TPSA) is 81.0 Å². The molecule has 6 heteroatoms. The van der Waals surface area contributed by atoms with Crippen molar-refractivity contribution in [2.24, 2.45) is 0 Å². The summed E-state index contributed by atoms with van der Waals surface area (Å²) in [6.45, 7) is 3.73. The van der Waals surface area contributed by atoms with Crippen molar-refractivity contribution in [2.45, 2.75) is 13.8 Å². The molecule has 0 radical (unpaired) electrons. The molecule has 3 rings (SSSR count). The van der Waals surface area contributed by atoms with Gasteiger partial charge >= 0.3 is 5.97 Å². The summed E-state index contributed by atoms with van der Waals surface area (Å²) in [5.41, 5.74) is 1.89. The zero-order valence-electron chi connectivity index (χ0n) is 14.5. The molecule has 2 heterocycles. The van der Waals surface area contributed by atoms with E-state index in [-0.39, 0.29) is 12.2 Å². The van der Waals surface area contributed by atoms with Crippen LogP contribution in [-0.2, 0) is 9.53 Å². The Morgan fingerprint density at radius 3 is 2.69 bits per heavy atom. The van der Waals surface area contributed by atoms with Crippen LogP contribution in [0.5, 0.6) is 0 Å². The summed E-state index contributed by atoms with van der Waals surface area (Å²) in [5.74, 6) is 0.642. The number of esters is 1. The number of ether oxygens (including phenoxy) is 1. The second-order valence-electron chi connectivity index (χ2n) is 5.51. The van der Waals surface area contributed by atoms with E-state index in [0.717, 1.165) is 11.4 Å². The molecule has 0 saturated carbocycles. The zero-order chi connectivity index (χ0) is 18.5. The molecule has 0 unspecified atom stereocenters. The minimum atomic E-state index is -0.663. The standard InChI is InChI=1S/C20H17N3O3/c1-3-25-20(24)15(12-21)11-16-13-23(17-7-5-4-6-8-17)22-19(16)18-10-9-14(2)26-18/h4-11,13H,3H2,1-2H3/b15-11+. The molecule has 6 nitrogen and oxygen atoms in total. The van der Waals surface area contributed by atoms with Gasteiger partial charge in [-0.3, -0.25) is 0 Å². The van der Waals surface area contributed by atoms with Crippen molar-refractivity contribution in [1.82, 2.24) is 9.78 Å². The smallest absolute Gasteiger partial charge is 0.348 e. The van der Waals surface area contributed by atoms with E-state index in [1.54, 1.807) is 23.9 Å². The van der Waals surface area contributed by atoms with Crippen LogP contribution in [0.4, 0.5) is 0 Å². The van der Waals surface area contributed by atoms with Crippen LogP contribution < -0.4 is 0 Å². The first-order chi connectivity index (χ1) is 12.6. The Balaban J connectivity index is 2.12. The van der Waals surface area contributed by atoms with E-state index in [1.165, 1.54) is 6.08 Å². The lowest BCUT2D eigenvalue weighted by molar-refractivity contribution is -0.137. The molecular formula is C20H17N3O3. The van der Waals surface area contributed by atoms with Gasteiger partial charge in [0.1, 0.15) is 23.1 Å². The fraction of sp³-hybridized carbons (Fsp3) is 0.150. The van der Waals surface area contributed by atoms with Gasteiger partial charge in [-0.25, -0.2) is 9.48 Å². The molecule has 0 saturated heterocycles. The number of aryl methyl sites for hydroxylation is 1. The highest BCUT2D eigenvalue weighted by molar-refractivity contribution is 5.98. The van der Waals surface area contributed by atoms with Crippen molar-refractivity contribution in [3.63, 3.8) is 0 Å². The average molecular weight is 347 g/mol. The predicted molar refractivity (Wildman–Crippen MR) is 96.2 cm³/mol. The third-order valence-corrected chi connectivity index (χ3v) is 3.65. The number of furan rings is 1. The van der Waals surface area contributed by atoms with Crippen molar-refractivity contribution in [1.29, 1.82) is 5.26 Å². The number of hydrogen-bond acceptors (Lipinski definition) is 5. The summed E-state index contributed by atoms with van der Waals surface area (Å²) in [5, 5.41) is 13.9. The molecule has 0 spiro atoms. The van der Waals surface area contributed by atoms with Crippen molar-refractivity contribution in [3.05, 3.63) is 65.6 Å². The molecule has 0 aliphatic heterocycles. The number of para-hydroxylation sites is 1. The number of rotatable bonds is 5. The number of carbonyl (C=O) groups is 1. The zero-order valence-corrected chi connectivity index (χ0v) is 14.5. The normalized spacial score (nSPS) is 11.2. The Labute approximate surface area is 150 Å². The van der Waals surface area contributed by atoms with Gasteiger partial charge in [0.15, 0.2) is 5.76 Å². The third-order valence-electron chi connectivity index (χ3n) is 3.65. The van der Waals surface area contributed by atoms with Crippen LogP contribution in [0.1, 0.15) is 18.2 Å². The summed E-state index contributed by atoms with van der Waals surface area (Å²) in [7, 11) is 0. The summed E-state index contributed by atoms with van der Waals surface area (Å²) in [6.07, 6.45) is 3.22. The van der Waals surface area contributed by atoms with Gasteiger partial charge in [-0.05, 0) is 44.2 Å². The first-order valence-corrected chi connectivity index (χ1v) is 8.13. The van der Waals surface area contributed by atoms with Gasteiger partial charge in [0.05, 0.1) is 12.3 Å². The van der Waals surface area contributed by atoms with E-state index in [1.807, 2.05) is 49.4 Å². The first-order valence-electron chi connectivity index (χ1n) is 8.13. The number of benzene rings is 1. The molecule has 0 bridgehead atoms. The Hall–Kier alpha value is -3.59. The third kappa shape index (κ3) is 3.57. The lowest BCUT2D eigenvalue weighted by Crippen LogP contribution is -2.06. The van der Waals surface area contributed by atoms with Crippen molar-refractivity contribution in [2.75, 3.05) is 6.61 Å². The SMILES string of the molecule is CCOC(=O)/C(C#N)=C/c1cn(-c2ccccc2)nc1-c1ccc(C)o1. The van der Waals surface area contributed by atoms with Crippen LogP contribution in [0.2, 0.25) is 0 Å². The van der Waals surface area contributed by atoms with Gasteiger partial charge < -0.3 is 9.15 Å². The number of carbonyl (C=O) groups excluding carboxylic acids is 1. The van der Waals surface area contributed by atoms with Crippen molar-refractivity contribution < 1.29 is 13.9 Å².